The van der Waals surface area contributed by atoms with E-state index in [0.717, 1.165) is 24.2 Å². The van der Waals surface area contributed by atoms with Gasteiger partial charge >= 0.3 is 0 Å². The monoisotopic (exact) mass is 218 g/mol. The second-order valence-electron chi connectivity index (χ2n) is 5.08. The number of benzene rings is 1. The van der Waals surface area contributed by atoms with Crippen molar-refractivity contribution in [3.63, 3.8) is 0 Å². The second-order valence-corrected chi connectivity index (χ2v) is 5.08. The summed E-state index contributed by atoms with van der Waals surface area (Å²) in [5.74, 6) is 0.839. The molecule has 0 radical (unpaired) electrons. The van der Waals surface area contributed by atoms with Gasteiger partial charge in [0.15, 0.2) is 0 Å². The van der Waals surface area contributed by atoms with E-state index in [2.05, 4.69) is 30.9 Å². The molecule has 2 rings (SSSR count). The summed E-state index contributed by atoms with van der Waals surface area (Å²) in [6.07, 6.45) is 2.60. The van der Waals surface area contributed by atoms with Crippen LogP contribution in [0.1, 0.15) is 32.3 Å². The van der Waals surface area contributed by atoms with Crippen LogP contribution in [0.15, 0.2) is 24.3 Å². The van der Waals surface area contributed by atoms with E-state index in [-0.39, 0.29) is 0 Å². The third-order valence-corrected chi connectivity index (χ3v) is 3.54. The van der Waals surface area contributed by atoms with Crippen LogP contribution in [0, 0.1) is 5.92 Å². The molecule has 0 bridgehead atoms. The second kappa shape index (κ2) is 4.88. The number of nitrogens with two attached hydrogens (primary N) is 1. The van der Waals surface area contributed by atoms with E-state index in [1.807, 2.05) is 12.1 Å². The Morgan fingerprint density at radius 1 is 1.44 bits per heavy atom. The Morgan fingerprint density at radius 3 is 2.94 bits per heavy atom. The van der Waals surface area contributed by atoms with Crippen molar-refractivity contribution in [1.82, 2.24) is 4.90 Å². The van der Waals surface area contributed by atoms with E-state index in [9.17, 15) is 0 Å². The fourth-order valence-corrected chi connectivity index (χ4v) is 2.78. The van der Waals surface area contributed by atoms with Gasteiger partial charge < -0.3 is 5.73 Å². The highest BCUT2D eigenvalue weighted by Crippen LogP contribution is 2.26. The largest absolute Gasteiger partial charge is 0.399 e. The fraction of sp³-hybridized carbons (Fsp3) is 0.571. The van der Waals surface area contributed by atoms with Gasteiger partial charge in [0, 0.05) is 24.8 Å². The molecule has 2 N–H and O–H groups in total. The first-order chi connectivity index (χ1) is 7.69. The van der Waals surface area contributed by atoms with E-state index >= 15 is 0 Å². The molecule has 2 nitrogen and oxygen atoms in total. The molecule has 1 aromatic rings. The summed E-state index contributed by atoms with van der Waals surface area (Å²) in [5, 5.41) is 0. The number of hydrogen-bond donors (Lipinski definition) is 1. The Bertz CT molecular complexity index is 348. The molecule has 0 aromatic heterocycles. The van der Waals surface area contributed by atoms with Gasteiger partial charge in [0.25, 0.3) is 0 Å². The first kappa shape index (κ1) is 11.5. The van der Waals surface area contributed by atoms with Crippen LogP contribution in [0.2, 0.25) is 0 Å². The zero-order valence-corrected chi connectivity index (χ0v) is 10.3. The quantitative estimate of drug-likeness (QED) is 0.790. The summed E-state index contributed by atoms with van der Waals surface area (Å²) in [7, 11) is 0. The van der Waals surface area contributed by atoms with Crippen LogP contribution in [-0.4, -0.2) is 17.5 Å². The maximum atomic E-state index is 5.81. The van der Waals surface area contributed by atoms with Crippen molar-refractivity contribution in [3.8, 4) is 0 Å². The molecule has 0 saturated carbocycles. The summed E-state index contributed by atoms with van der Waals surface area (Å²) >= 11 is 0. The normalized spacial score (nSPS) is 26.1. The van der Waals surface area contributed by atoms with Crippen molar-refractivity contribution >= 4 is 5.69 Å². The lowest BCUT2D eigenvalue weighted by molar-refractivity contribution is 0.237. The lowest BCUT2D eigenvalue weighted by Crippen LogP contribution is -2.28. The molecule has 16 heavy (non-hydrogen) atoms. The molecule has 1 fully saturated rings. The summed E-state index contributed by atoms with van der Waals surface area (Å²) in [4.78, 5) is 2.60. The van der Waals surface area contributed by atoms with Gasteiger partial charge in [-0.05, 0) is 36.5 Å². The highest BCUT2D eigenvalue weighted by atomic mass is 15.2. The third kappa shape index (κ3) is 2.56. The Balaban J connectivity index is 2.04. The summed E-state index contributed by atoms with van der Waals surface area (Å²) in [5.41, 5.74) is 8.02. The number of hydrogen-bond acceptors (Lipinski definition) is 2. The average molecular weight is 218 g/mol. The fourth-order valence-electron chi connectivity index (χ4n) is 2.78. The van der Waals surface area contributed by atoms with Crippen molar-refractivity contribution in [1.29, 1.82) is 0 Å². The van der Waals surface area contributed by atoms with E-state index in [0.29, 0.717) is 0 Å². The Morgan fingerprint density at radius 2 is 2.25 bits per heavy atom. The minimum absolute atomic E-state index is 0.761. The zero-order chi connectivity index (χ0) is 11.5. The van der Waals surface area contributed by atoms with Crippen LogP contribution in [-0.2, 0) is 6.54 Å². The molecule has 2 unspecified atom stereocenters. The Kier molecular flexibility index (Phi) is 3.49. The van der Waals surface area contributed by atoms with Gasteiger partial charge in [-0.3, -0.25) is 4.90 Å². The molecule has 88 valence electrons. The number of anilines is 1. The highest BCUT2D eigenvalue weighted by molar-refractivity contribution is 5.40. The number of likely N-dealkylation sites (tertiary alicyclic amines) is 1. The van der Waals surface area contributed by atoms with Gasteiger partial charge in [-0.15, -0.1) is 0 Å². The van der Waals surface area contributed by atoms with Gasteiger partial charge in [-0.2, -0.15) is 0 Å². The molecular weight excluding hydrogens is 196 g/mol. The molecule has 1 aromatic carbocycles. The van der Waals surface area contributed by atoms with Gasteiger partial charge in [-0.25, -0.2) is 0 Å². The first-order valence-electron chi connectivity index (χ1n) is 6.27. The standard InChI is InChI=1S/C14H22N2/c1-3-14-7-11(2)9-16(14)10-12-5-4-6-13(15)8-12/h4-6,8,11,14H,3,7,9-10,15H2,1-2H3. The van der Waals surface area contributed by atoms with Crippen molar-refractivity contribution < 1.29 is 0 Å². The molecule has 0 amide bonds. The Labute approximate surface area is 98.4 Å². The van der Waals surface area contributed by atoms with Crippen LogP contribution in [0.3, 0.4) is 0 Å². The number of nitrogen functional groups attached to an aromatic ring is 1. The van der Waals surface area contributed by atoms with Crippen LogP contribution >= 0.6 is 0 Å². The minimum atomic E-state index is 0.761. The predicted molar refractivity (Wildman–Crippen MR) is 69.1 cm³/mol. The van der Waals surface area contributed by atoms with E-state index in [1.165, 1.54) is 24.9 Å². The smallest absolute Gasteiger partial charge is 0.0317 e. The van der Waals surface area contributed by atoms with Gasteiger partial charge in [0.05, 0.1) is 0 Å². The molecular formula is C14H22N2. The van der Waals surface area contributed by atoms with Crippen LogP contribution < -0.4 is 5.73 Å². The molecule has 2 atom stereocenters. The average Bonchev–Trinajstić information content (AvgIpc) is 2.59. The zero-order valence-electron chi connectivity index (χ0n) is 10.3. The lowest BCUT2D eigenvalue weighted by atomic mass is 10.1. The molecule has 0 spiro atoms. The maximum Gasteiger partial charge on any atom is 0.0317 e. The van der Waals surface area contributed by atoms with Gasteiger partial charge in [0.2, 0.25) is 0 Å². The van der Waals surface area contributed by atoms with Crippen molar-refractivity contribution in [2.24, 2.45) is 5.92 Å². The van der Waals surface area contributed by atoms with E-state index < -0.39 is 0 Å². The van der Waals surface area contributed by atoms with Gasteiger partial charge in [0.1, 0.15) is 0 Å². The molecule has 0 aliphatic carbocycles. The SMILES string of the molecule is CCC1CC(C)CN1Cc1cccc(N)c1. The van der Waals surface area contributed by atoms with Crippen LogP contribution in [0.25, 0.3) is 0 Å². The first-order valence-corrected chi connectivity index (χ1v) is 6.27. The maximum absolute atomic E-state index is 5.81. The van der Waals surface area contributed by atoms with Crippen LogP contribution in [0.4, 0.5) is 5.69 Å². The summed E-state index contributed by atoms with van der Waals surface area (Å²) in [6.45, 7) is 6.91. The number of rotatable bonds is 3. The Hall–Kier alpha value is -1.02. The molecule has 1 aliphatic rings. The van der Waals surface area contributed by atoms with Crippen molar-refractivity contribution in [2.75, 3.05) is 12.3 Å². The molecule has 1 aliphatic heterocycles. The van der Waals surface area contributed by atoms with Gasteiger partial charge in [-0.1, -0.05) is 26.0 Å². The molecule has 1 heterocycles. The highest BCUT2D eigenvalue weighted by Gasteiger charge is 2.27. The van der Waals surface area contributed by atoms with Crippen molar-refractivity contribution in [2.45, 2.75) is 39.3 Å². The van der Waals surface area contributed by atoms with E-state index in [4.69, 9.17) is 5.73 Å². The predicted octanol–water partition coefficient (Wildman–Crippen LogP) is 2.89. The summed E-state index contributed by atoms with van der Waals surface area (Å²) < 4.78 is 0. The van der Waals surface area contributed by atoms with E-state index in [1.54, 1.807) is 0 Å². The van der Waals surface area contributed by atoms with Crippen molar-refractivity contribution in [3.05, 3.63) is 29.8 Å². The van der Waals surface area contributed by atoms with Crippen LogP contribution in [0.5, 0.6) is 0 Å². The number of nitrogens with zero attached hydrogens (tertiary/aromatic N) is 1. The molecule has 2 heteroatoms. The minimum Gasteiger partial charge on any atom is -0.399 e. The molecule has 1 saturated heterocycles. The lowest BCUT2D eigenvalue weighted by Gasteiger charge is -2.23. The summed E-state index contributed by atoms with van der Waals surface area (Å²) in [6, 6.07) is 9.02. The topological polar surface area (TPSA) is 29.3 Å². The third-order valence-electron chi connectivity index (χ3n) is 3.54.